The van der Waals surface area contributed by atoms with E-state index >= 15 is 0 Å². The SMILES string of the molecule is CNC(C)(C)C(=O)Nc1ccc2c(c1)OCCO2. The number of fused-ring (bicyclic) bond motifs is 1. The number of benzene rings is 1. The molecule has 5 heteroatoms. The van der Waals surface area contributed by atoms with Gasteiger partial charge in [-0.3, -0.25) is 4.79 Å². The number of nitrogens with one attached hydrogen (secondary N) is 2. The summed E-state index contributed by atoms with van der Waals surface area (Å²) in [7, 11) is 1.75. The van der Waals surface area contributed by atoms with E-state index in [0.29, 0.717) is 30.4 Å². The van der Waals surface area contributed by atoms with Gasteiger partial charge in [-0.1, -0.05) is 0 Å². The third-order valence-electron chi connectivity index (χ3n) is 2.99. The monoisotopic (exact) mass is 250 g/mol. The lowest BCUT2D eigenvalue weighted by Gasteiger charge is -2.23. The summed E-state index contributed by atoms with van der Waals surface area (Å²) in [6, 6.07) is 5.38. The zero-order valence-electron chi connectivity index (χ0n) is 10.9. The number of amides is 1. The Balaban J connectivity index is 2.13. The van der Waals surface area contributed by atoms with Crippen LogP contribution in [-0.4, -0.2) is 31.7 Å². The summed E-state index contributed by atoms with van der Waals surface area (Å²) >= 11 is 0. The van der Waals surface area contributed by atoms with Crippen molar-refractivity contribution in [3.8, 4) is 11.5 Å². The quantitative estimate of drug-likeness (QED) is 0.851. The van der Waals surface area contributed by atoms with Crippen LogP contribution in [0.15, 0.2) is 18.2 Å². The minimum atomic E-state index is -0.618. The molecule has 0 atom stereocenters. The van der Waals surface area contributed by atoms with Crippen LogP contribution in [0.2, 0.25) is 0 Å². The minimum absolute atomic E-state index is 0.0957. The smallest absolute Gasteiger partial charge is 0.244 e. The zero-order valence-corrected chi connectivity index (χ0v) is 10.9. The minimum Gasteiger partial charge on any atom is -0.486 e. The van der Waals surface area contributed by atoms with Gasteiger partial charge in [0.05, 0.1) is 5.54 Å². The molecule has 0 unspecified atom stereocenters. The van der Waals surface area contributed by atoms with E-state index in [2.05, 4.69) is 10.6 Å². The molecular formula is C13H18N2O3. The van der Waals surface area contributed by atoms with Crippen molar-refractivity contribution >= 4 is 11.6 Å². The summed E-state index contributed by atoms with van der Waals surface area (Å²) in [6.07, 6.45) is 0. The molecule has 1 aromatic rings. The van der Waals surface area contributed by atoms with Gasteiger partial charge in [0.2, 0.25) is 5.91 Å². The fraction of sp³-hybridized carbons (Fsp3) is 0.462. The molecule has 0 aliphatic carbocycles. The van der Waals surface area contributed by atoms with Gasteiger partial charge in [0.15, 0.2) is 11.5 Å². The molecule has 0 aromatic heterocycles. The molecule has 1 aromatic carbocycles. The first-order valence-corrected chi connectivity index (χ1v) is 5.93. The predicted octanol–water partition coefficient (Wildman–Crippen LogP) is 1.39. The van der Waals surface area contributed by atoms with Crippen LogP contribution in [-0.2, 0) is 4.79 Å². The second kappa shape index (κ2) is 4.86. The first-order chi connectivity index (χ1) is 8.53. The van der Waals surface area contributed by atoms with E-state index in [9.17, 15) is 4.79 Å². The van der Waals surface area contributed by atoms with Crippen LogP contribution in [0.1, 0.15) is 13.8 Å². The van der Waals surface area contributed by atoms with Gasteiger partial charge in [-0.2, -0.15) is 0 Å². The van der Waals surface area contributed by atoms with Gasteiger partial charge in [-0.05, 0) is 33.0 Å². The van der Waals surface area contributed by atoms with Crippen molar-refractivity contribution in [1.82, 2.24) is 5.32 Å². The molecule has 1 aliphatic rings. The van der Waals surface area contributed by atoms with E-state index in [4.69, 9.17) is 9.47 Å². The van der Waals surface area contributed by atoms with E-state index in [0.717, 1.165) is 0 Å². The van der Waals surface area contributed by atoms with Crippen LogP contribution in [0.3, 0.4) is 0 Å². The number of likely N-dealkylation sites (N-methyl/N-ethyl adjacent to an activating group) is 1. The molecule has 0 saturated carbocycles. The molecular weight excluding hydrogens is 232 g/mol. The van der Waals surface area contributed by atoms with Gasteiger partial charge in [-0.15, -0.1) is 0 Å². The van der Waals surface area contributed by atoms with Crippen LogP contribution < -0.4 is 20.1 Å². The second-order valence-electron chi connectivity index (χ2n) is 4.69. The summed E-state index contributed by atoms with van der Waals surface area (Å²) in [5.41, 5.74) is 0.0837. The van der Waals surface area contributed by atoms with E-state index in [1.165, 1.54) is 0 Å². The number of carbonyl (C=O) groups excluding carboxylic acids is 1. The summed E-state index contributed by atoms with van der Waals surface area (Å²) in [6.45, 7) is 4.73. The Morgan fingerprint density at radius 3 is 2.56 bits per heavy atom. The molecule has 98 valence electrons. The number of anilines is 1. The Morgan fingerprint density at radius 2 is 1.89 bits per heavy atom. The lowest BCUT2D eigenvalue weighted by Crippen LogP contribution is -2.47. The van der Waals surface area contributed by atoms with Crippen LogP contribution >= 0.6 is 0 Å². The molecule has 2 rings (SSSR count). The van der Waals surface area contributed by atoms with Crippen LogP contribution in [0.5, 0.6) is 11.5 Å². The van der Waals surface area contributed by atoms with E-state index in [1.807, 2.05) is 13.8 Å². The highest BCUT2D eigenvalue weighted by Crippen LogP contribution is 2.32. The summed E-state index contributed by atoms with van der Waals surface area (Å²) < 4.78 is 10.9. The largest absolute Gasteiger partial charge is 0.486 e. The van der Waals surface area contributed by atoms with Gasteiger partial charge >= 0.3 is 0 Å². The third kappa shape index (κ3) is 2.56. The molecule has 0 saturated heterocycles. The summed E-state index contributed by atoms with van der Waals surface area (Å²) in [5, 5.41) is 5.80. The summed E-state index contributed by atoms with van der Waals surface area (Å²) in [4.78, 5) is 12.0. The lowest BCUT2D eigenvalue weighted by molar-refractivity contribution is -0.121. The maximum absolute atomic E-state index is 12.0. The van der Waals surface area contributed by atoms with Crippen molar-refractivity contribution < 1.29 is 14.3 Å². The number of hydrogen-bond acceptors (Lipinski definition) is 4. The fourth-order valence-electron chi connectivity index (χ4n) is 1.52. The van der Waals surface area contributed by atoms with Gasteiger partial charge in [0.1, 0.15) is 13.2 Å². The fourth-order valence-corrected chi connectivity index (χ4v) is 1.52. The van der Waals surface area contributed by atoms with Crippen molar-refractivity contribution in [3.05, 3.63) is 18.2 Å². The van der Waals surface area contributed by atoms with Crippen molar-refractivity contribution in [2.45, 2.75) is 19.4 Å². The Bertz CT molecular complexity index is 458. The van der Waals surface area contributed by atoms with Crippen LogP contribution in [0, 0.1) is 0 Å². The molecule has 1 amide bonds. The standard InChI is InChI=1S/C13H18N2O3/c1-13(2,14-3)12(16)15-9-4-5-10-11(8-9)18-7-6-17-10/h4-5,8,14H,6-7H2,1-3H3,(H,15,16). The molecule has 1 aliphatic heterocycles. The Kier molecular flexibility index (Phi) is 3.43. The van der Waals surface area contributed by atoms with Crippen molar-refractivity contribution in [3.63, 3.8) is 0 Å². The normalized spacial score (nSPS) is 14.2. The first kappa shape index (κ1) is 12.7. The number of hydrogen-bond donors (Lipinski definition) is 2. The number of ether oxygens (including phenoxy) is 2. The molecule has 1 heterocycles. The van der Waals surface area contributed by atoms with E-state index < -0.39 is 5.54 Å². The van der Waals surface area contributed by atoms with Gasteiger partial charge < -0.3 is 20.1 Å². The van der Waals surface area contributed by atoms with E-state index in [1.54, 1.807) is 25.2 Å². The average molecular weight is 250 g/mol. The van der Waals surface area contributed by atoms with Gasteiger partial charge in [0, 0.05) is 11.8 Å². The average Bonchev–Trinajstić information content (AvgIpc) is 2.38. The van der Waals surface area contributed by atoms with E-state index in [-0.39, 0.29) is 5.91 Å². The Labute approximate surface area is 106 Å². The Hall–Kier alpha value is -1.75. The first-order valence-electron chi connectivity index (χ1n) is 5.93. The molecule has 2 N–H and O–H groups in total. The second-order valence-corrected chi connectivity index (χ2v) is 4.69. The number of carbonyl (C=O) groups is 1. The maximum atomic E-state index is 12.0. The van der Waals surface area contributed by atoms with Gasteiger partial charge in [0.25, 0.3) is 0 Å². The molecule has 0 radical (unpaired) electrons. The zero-order chi connectivity index (χ0) is 13.2. The topological polar surface area (TPSA) is 59.6 Å². The highest BCUT2D eigenvalue weighted by Gasteiger charge is 2.25. The maximum Gasteiger partial charge on any atom is 0.244 e. The molecule has 18 heavy (non-hydrogen) atoms. The summed E-state index contributed by atoms with van der Waals surface area (Å²) in [5.74, 6) is 1.29. The van der Waals surface area contributed by atoms with Crippen LogP contribution in [0.4, 0.5) is 5.69 Å². The van der Waals surface area contributed by atoms with Gasteiger partial charge in [-0.25, -0.2) is 0 Å². The van der Waals surface area contributed by atoms with Crippen molar-refractivity contribution in [1.29, 1.82) is 0 Å². The van der Waals surface area contributed by atoms with Crippen molar-refractivity contribution in [2.75, 3.05) is 25.6 Å². The highest BCUT2D eigenvalue weighted by atomic mass is 16.6. The lowest BCUT2D eigenvalue weighted by atomic mass is 10.1. The molecule has 0 fully saturated rings. The number of rotatable bonds is 3. The Morgan fingerprint density at radius 1 is 1.22 bits per heavy atom. The van der Waals surface area contributed by atoms with Crippen LogP contribution in [0.25, 0.3) is 0 Å². The molecule has 0 spiro atoms. The predicted molar refractivity (Wildman–Crippen MR) is 69.2 cm³/mol. The third-order valence-corrected chi connectivity index (χ3v) is 2.99. The molecule has 0 bridgehead atoms. The highest BCUT2D eigenvalue weighted by molar-refractivity contribution is 5.97. The van der Waals surface area contributed by atoms with Crippen molar-refractivity contribution in [2.24, 2.45) is 0 Å². The molecule has 5 nitrogen and oxygen atoms in total.